The van der Waals surface area contributed by atoms with Crippen molar-refractivity contribution in [1.82, 2.24) is 0 Å². The minimum absolute atomic E-state index is 0.0291. The van der Waals surface area contributed by atoms with Gasteiger partial charge >= 0.3 is 0 Å². The Morgan fingerprint density at radius 2 is 1.61 bits per heavy atom. The van der Waals surface area contributed by atoms with Gasteiger partial charge in [-0.15, -0.1) is 11.6 Å². The smallest absolute Gasteiger partial charge is 0.269 e. The Labute approximate surface area is 168 Å². The number of halogens is 1. The van der Waals surface area contributed by atoms with E-state index in [-0.39, 0.29) is 10.6 Å². The van der Waals surface area contributed by atoms with Crippen molar-refractivity contribution < 1.29 is 4.92 Å². The maximum atomic E-state index is 11.4. The van der Waals surface area contributed by atoms with Crippen LogP contribution in [0.5, 0.6) is 0 Å². The molecule has 1 heterocycles. The van der Waals surface area contributed by atoms with Crippen LogP contribution in [0.4, 0.5) is 22.7 Å². The van der Waals surface area contributed by atoms with E-state index in [4.69, 9.17) is 11.6 Å². The second kappa shape index (κ2) is 6.53. The number of benzene rings is 3. The summed E-state index contributed by atoms with van der Waals surface area (Å²) in [7, 11) is 5.92. The molecule has 6 heteroatoms. The van der Waals surface area contributed by atoms with E-state index in [9.17, 15) is 10.1 Å². The maximum Gasteiger partial charge on any atom is 0.269 e. The highest BCUT2D eigenvalue weighted by atomic mass is 35.5. The number of rotatable bonds is 3. The largest absolute Gasteiger partial charge is 0.378 e. The molecule has 142 valence electrons. The summed E-state index contributed by atoms with van der Waals surface area (Å²) < 4.78 is 0. The van der Waals surface area contributed by atoms with Crippen LogP contribution in [0.2, 0.25) is 0 Å². The first kappa shape index (κ1) is 18.3. The topological polar surface area (TPSA) is 49.6 Å². The van der Waals surface area contributed by atoms with Gasteiger partial charge in [0.25, 0.3) is 5.69 Å². The molecule has 0 radical (unpaired) electrons. The predicted octanol–water partition coefficient (Wildman–Crippen LogP) is 5.27. The van der Waals surface area contributed by atoms with Crippen LogP contribution in [0.3, 0.4) is 0 Å². The number of non-ortho nitro benzene ring substituents is 1. The fraction of sp³-hybridized carbons (Fsp3) is 0.182. The van der Waals surface area contributed by atoms with E-state index >= 15 is 0 Å². The molecule has 3 aromatic carbocycles. The van der Waals surface area contributed by atoms with Gasteiger partial charge in [0.1, 0.15) is 4.87 Å². The van der Waals surface area contributed by atoms with Crippen LogP contribution in [-0.2, 0) is 4.87 Å². The third-order valence-corrected chi connectivity index (χ3v) is 5.97. The molecule has 0 saturated carbocycles. The molecule has 0 fully saturated rings. The molecule has 1 aliphatic heterocycles. The molecule has 0 amide bonds. The van der Waals surface area contributed by atoms with Gasteiger partial charge in [-0.25, -0.2) is 0 Å². The number of anilines is 3. The van der Waals surface area contributed by atoms with Gasteiger partial charge in [0, 0.05) is 61.5 Å². The van der Waals surface area contributed by atoms with Crippen LogP contribution in [0.15, 0.2) is 66.7 Å². The second-order valence-electron chi connectivity index (χ2n) is 7.13. The normalized spacial score (nSPS) is 17.6. The lowest BCUT2D eigenvalue weighted by atomic mass is 9.79. The van der Waals surface area contributed by atoms with E-state index in [1.807, 2.05) is 79.5 Å². The summed E-state index contributed by atoms with van der Waals surface area (Å²) in [6, 6.07) is 20.8. The first-order valence-corrected chi connectivity index (χ1v) is 9.30. The summed E-state index contributed by atoms with van der Waals surface area (Å²) in [6.07, 6.45) is 0. The number of alkyl halides is 1. The van der Waals surface area contributed by atoms with Crippen molar-refractivity contribution >= 4 is 34.4 Å². The molecule has 1 aliphatic rings. The van der Waals surface area contributed by atoms with Crippen LogP contribution in [0, 0.1) is 10.1 Å². The minimum atomic E-state index is -1.02. The van der Waals surface area contributed by atoms with Crippen LogP contribution in [0.25, 0.3) is 0 Å². The van der Waals surface area contributed by atoms with Gasteiger partial charge < -0.3 is 9.80 Å². The van der Waals surface area contributed by atoms with Crippen LogP contribution in [-0.4, -0.2) is 26.1 Å². The number of para-hydroxylation sites is 1. The van der Waals surface area contributed by atoms with Gasteiger partial charge in [0.2, 0.25) is 0 Å². The summed E-state index contributed by atoms with van der Waals surface area (Å²) in [6.45, 7) is 0. The number of fused-ring (bicyclic) bond motifs is 2. The summed E-state index contributed by atoms with van der Waals surface area (Å²) in [5.41, 5.74) is 5.42. The standard InChI is InChI=1S/C22H20ClN3O2/c1-24(2)16-10-8-15(9-11-16)22(23)18-6-4-5-7-20(18)25(3)21-13-12-17(26(27)28)14-19(21)22/h4-14H,1-3H3/t22-/m0/s1. The summed E-state index contributed by atoms with van der Waals surface area (Å²) in [5, 5.41) is 11.4. The minimum Gasteiger partial charge on any atom is -0.378 e. The Kier molecular flexibility index (Phi) is 4.27. The molecule has 28 heavy (non-hydrogen) atoms. The molecular weight excluding hydrogens is 374 g/mol. The number of nitro benzene ring substituents is 1. The van der Waals surface area contributed by atoms with Gasteiger partial charge in [-0.3, -0.25) is 10.1 Å². The Bertz CT molecular complexity index is 1070. The molecule has 0 aromatic heterocycles. The fourth-order valence-corrected chi connectivity index (χ4v) is 4.28. The SMILES string of the molecule is CN(C)c1ccc([C@]2(Cl)c3ccccc3N(C)c3ccc([N+](=O)[O-])cc32)cc1. The maximum absolute atomic E-state index is 11.4. The van der Waals surface area contributed by atoms with Crippen molar-refractivity contribution in [3.8, 4) is 0 Å². The van der Waals surface area contributed by atoms with Crippen molar-refractivity contribution in [3.05, 3.63) is 93.5 Å². The average molecular weight is 394 g/mol. The molecule has 1 atom stereocenters. The van der Waals surface area contributed by atoms with E-state index in [1.165, 1.54) is 6.07 Å². The summed E-state index contributed by atoms with van der Waals surface area (Å²) in [5.74, 6) is 0. The third-order valence-electron chi connectivity index (χ3n) is 5.34. The monoisotopic (exact) mass is 393 g/mol. The predicted molar refractivity (Wildman–Crippen MR) is 114 cm³/mol. The molecule has 0 bridgehead atoms. The zero-order valence-electron chi connectivity index (χ0n) is 15.9. The molecule has 0 N–H and O–H groups in total. The van der Waals surface area contributed by atoms with Crippen LogP contribution >= 0.6 is 11.6 Å². The summed E-state index contributed by atoms with van der Waals surface area (Å²) >= 11 is 7.37. The van der Waals surface area contributed by atoms with Crippen molar-refractivity contribution in [1.29, 1.82) is 0 Å². The van der Waals surface area contributed by atoms with E-state index < -0.39 is 4.87 Å². The zero-order chi connectivity index (χ0) is 20.1. The molecule has 0 aliphatic carbocycles. The summed E-state index contributed by atoms with van der Waals surface area (Å²) in [4.78, 5) is 14.1. The van der Waals surface area contributed by atoms with Gasteiger partial charge in [0.15, 0.2) is 0 Å². The Morgan fingerprint density at radius 3 is 2.25 bits per heavy atom. The Hall–Kier alpha value is -3.05. The van der Waals surface area contributed by atoms with Crippen molar-refractivity contribution in [2.24, 2.45) is 0 Å². The van der Waals surface area contributed by atoms with Gasteiger partial charge in [-0.1, -0.05) is 30.3 Å². The Balaban J connectivity index is 2.01. The van der Waals surface area contributed by atoms with E-state index in [0.717, 1.165) is 28.2 Å². The molecule has 3 aromatic rings. The van der Waals surface area contributed by atoms with Gasteiger partial charge in [0.05, 0.1) is 4.92 Å². The quantitative estimate of drug-likeness (QED) is 0.345. The third kappa shape index (κ3) is 2.62. The average Bonchev–Trinajstić information content (AvgIpc) is 2.71. The Morgan fingerprint density at radius 1 is 0.964 bits per heavy atom. The number of nitrogens with zero attached hydrogens (tertiary/aromatic N) is 3. The molecule has 0 unspecified atom stereocenters. The van der Waals surface area contributed by atoms with Crippen LogP contribution < -0.4 is 9.80 Å². The highest BCUT2D eigenvalue weighted by Crippen LogP contribution is 2.55. The van der Waals surface area contributed by atoms with E-state index in [0.29, 0.717) is 5.56 Å². The zero-order valence-corrected chi connectivity index (χ0v) is 16.6. The molecule has 0 saturated heterocycles. The molecule has 4 rings (SSSR count). The van der Waals surface area contributed by atoms with Crippen LogP contribution in [0.1, 0.15) is 16.7 Å². The number of hydrogen-bond donors (Lipinski definition) is 0. The first-order valence-electron chi connectivity index (χ1n) is 8.93. The highest BCUT2D eigenvalue weighted by Gasteiger charge is 2.43. The van der Waals surface area contributed by atoms with Gasteiger partial charge in [-0.2, -0.15) is 0 Å². The lowest BCUT2D eigenvalue weighted by Gasteiger charge is -2.41. The van der Waals surface area contributed by atoms with E-state index in [1.54, 1.807) is 12.1 Å². The molecular formula is C22H20ClN3O2. The van der Waals surface area contributed by atoms with Gasteiger partial charge in [-0.05, 0) is 29.8 Å². The van der Waals surface area contributed by atoms with Crippen molar-refractivity contribution in [2.75, 3.05) is 30.9 Å². The lowest BCUT2D eigenvalue weighted by Crippen LogP contribution is -2.32. The number of nitro groups is 1. The second-order valence-corrected chi connectivity index (χ2v) is 7.70. The molecule has 0 spiro atoms. The van der Waals surface area contributed by atoms with Crippen molar-refractivity contribution in [2.45, 2.75) is 4.87 Å². The lowest BCUT2D eigenvalue weighted by molar-refractivity contribution is -0.384. The fourth-order valence-electron chi connectivity index (χ4n) is 3.84. The number of hydrogen-bond acceptors (Lipinski definition) is 4. The van der Waals surface area contributed by atoms with E-state index in [2.05, 4.69) is 0 Å². The highest BCUT2D eigenvalue weighted by molar-refractivity contribution is 6.29. The van der Waals surface area contributed by atoms with Crippen molar-refractivity contribution in [3.63, 3.8) is 0 Å². The first-order chi connectivity index (χ1) is 13.3. The molecule has 5 nitrogen and oxygen atoms in total.